The number of hydrogen-bond donors (Lipinski definition) is 0. The summed E-state index contributed by atoms with van der Waals surface area (Å²) in [5.41, 5.74) is 0.782. The number of nitrogens with zero attached hydrogens (tertiary/aromatic N) is 2. The maximum atomic E-state index is 5.73. The highest BCUT2D eigenvalue weighted by atomic mass is 35.5. The van der Waals surface area contributed by atoms with Crippen LogP contribution in [0.3, 0.4) is 0 Å². The average molecular weight is 273 g/mol. The molecule has 3 aromatic rings. The van der Waals surface area contributed by atoms with Gasteiger partial charge in [-0.25, -0.2) is 0 Å². The minimum absolute atomic E-state index is 0.0179. The Balaban J connectivity index is 1.88. The van der Waals surface area contributed by atoms with Crippen LogP contribution in [0.4, 0.5) is 0 Å². The molecule has 94 valence electrons. The van der Waals surface area contributed by atoms with Crippen LogP contribution in [0.15, 0.2) is 59.1 Å². The number of aromatic nitrogens is 2. The van der Waals surface area contributed by atoms with Crippen LogP contribution in [-0.4, -0.2) is 10.1 Å². The summed E-state index contributed by atoms with van der Waals surface area (Å²) < 4.78 is 10.5. The van der Waals surface area contributed by atoms with E-state index in [-0.39, 0.29) is 5.35 Å². The summed E-state index contributed by atoms with van der Waals surface area (Å²) in [7, 11) is 0. The van der Waals surface area contributed by atoms with Gasteiger partial charge in [-0.1, -0.05) is 35.5 Å². The first-order valence-corrected chi connectivity index (χ1v) is 6.01. The zero-order valence-corrected chi connectivity index (χ0v) is 10.5. The number of ether oxygens (including phenoxy) is 1. The molecule has 5 heteroatoms. The second-order valence-electron chi connectivity index (χ2n) is 3.81. The van der Waals surface area contributed by atoms with Crippen LogP contribution in [0.1, 0.15) is 0 Å². The Morgan fingerprint density at radius 1 is 0.947 bits per heavy atom. The van der Waals surface area contributed by atoms with Gasteiger partial charge in [-0.05, 0) is 35.9 Å². The molecule has 0 radical (unpaired) electrons. The van der Waals surface area contributed by atoms with E-state index in [1.807, 2.05) is 54.6 Å². The largest absolute Gasteiger partial charge is 0.457 e. The molecule has 0 fully saturated rings. The van der Waals surface area contributed by atoms with Crippen molar-refractivity contribution in [1.29, 1.82) is 0 Å². The van der Waals surface area contributed by atoms with Gasteiger partial charge in [-0.15, -0.1) is 0 Å². The summed E-state index contributed by atoms with van der Waals surface area (Å²) in [4.78, 5) is 3.96. The number of para-hydroxylation sites is 1. The van der Waals surface area contributed by atoms with E-state index < -0.39 is 0 Å². The number of halogens is 1. The maximum absolute atomic E-state index is 5.73. The normalized spacial score (nSPS) is 10.4. The third-order valence-corrected chi connectivity index (χ3v) is 2.63. The second kappa shape index (κ2) is 5.12. The number of rotatable bonds is 3. The molecule has 0 aliphatic rings. The van der Waals surface area contributed by atoms with E-state index in [0.29, 0.717) is 11.6 Å². The van der Waals surface area contributed by atoms with Crippen LogP contribution in [0.25, 0.3) is 11.4 Å². The summed E-state index contributed by atoms with van der Waals surface area (Å²) in [6, 6.07) is 16.9. The lowest BCUT2D eigenvalue weighted by atomic mass is 10.2. The number of hydrogen-bond acceptors (Lipinski definition) is 4. The van der Waals surface area contributed by atoms with Gasteiger partial charge in [-0.2, -0.15) is 4.98 Å². The minimum Gasteiger partial charge on any atom is -0.457 e. The molecule has 0 atom stereocenters. The Labute approximate surface area is 114 Å². The SMILES string of the molecule is Clc1nc(-c2cccc(Oc3ccccc3)c2)no1. The highest BCUT2D eigenvalue weighted by Gasteiger charge is 2.07. The molecule has 0 N–H and O–H groups in total. The molecular weight excluding hydrogens is 264 g/mol. The fraction of sp³-hybridized carbons (Fsp3) is 0. The van der Waals surface area contributed by atoms with E-state index >= 15 is 0 Å². The van der Waals surface area contributed by atoms with Gasteiger partial charge in [-0.3, -0.25) is 0 Å². The Hall–Kier alpha value is -2.33. The fourth-order valence-electron chi connectivity index (χ4n) is 1.65. The quantitative estimate of drug-likeness (QED) is 0.717. The van der Waals surface area contributed by atoms with Crippen molar-refractivity contribution in [2.75, 3.05) is 0 Å². The van der Waals surface area contributed by atoms with Gasteiger partial charge in [0.15, 0.2) is 0 Å². The van der Waals surface area contributed by atoms with Gasteiger partial charge in [0.25, 0.3) is 0 Å². The van der Waals surface area contributed by atoms with Crippen LogP contribution >= 0.6 is 11.6 Å². The third-order valence-electron chi connectivity index (χ3n) is 2.47. The summed E-state index contributed by atoms with van der Waals surface area (Å²) in [5.74, 6) is 1.90. The van der Waals surface area contributed by atoms with Gasteiger partial charge in [0.2, 0.25) is 5.82 Å². The first kappa shape index (κ1) is 11.7. The molecule has 0 spiro atoms. The van der Waals surface area contributed by atoms with Crippen LogP contribution < -0.4 is 4.74 Å². The fourth-order valence-corrected chi connectivity index (χ4v) is 1.76. The van der Waals surface area contributed by atoms with Crippen molar-refractivity contribution in [2.45, 2.75) is 0 Å². The molecule has 0 amide bonds. The lowest BCUT2D eigenvalue weighted by molar-refractivity contribution is 0.420. The first-order valence-electron chi connectivity index (χ1n) is 5.64. The molecule has 0 saturated heterocycles. The van der Waals surface area contributed by atoms with E-state index in [1.54, 1.807) is 0 Å². The highest BCUT2D eigenvalue weighted by molar-refractivity contribution is 6.27. The van der Waals surface area contributed by atoms with E-state index in [9.17, 15) is 0 Å². The van der Waals surface area contributed by atoms with Crippen molar-refractivity contribution in [2.24, 2.45) is 0 Å². The maximum Gasteiger partial charge on any atom is 0.320 e. The van der Waals surface area contributed by atoms with Crippen LogP contribution in [0.2, 0.25) is 5.35 Å². The molecule has 2 aromatic carbocycles. The Morgan fingerprint density at radius 3 is 2.47 bits per heavy atom. The van der Waals surface area contributed by atoms with E-state index in [0.717, 1.165) is 11.3 Å². The molecular formula is C14H9ClN2O2. The van der Waals surface area contributed by atoms with Crippen LogP contribution in [-0.2, 0) is 0 Å². The first-order chi connectivity index (χ1) is 9.31. The summed E-state index contributed by atoms with van der Waals surface area (Å²) in [5, 5.41) is 3.78. The van der Waals surface area contributed by atoms with Gasteiger partial charge in [0.05, 0.1) is 0 Å². The van der Waals surface area contributed by atoms with Crippen molar-refractivity contribution < 1.29 is 9.26 Å². The van der Waals surface area contributed by atoms with Crippen molar-refractivity contribution in [3.05, 3.63) is 59.9 Å². The van der Waals surface area contributed by atoms with Gasteiger partial charge in [0.1, 0.15) is 11.5 Å². The van der Waals surface area contributed by atoms with E-state index in [1.165, 1.54) is 0 Å². The highest BCUT2D eigenvalue weighted by Crippen LogP contribution is 2.26. The third kappa shape index (κ3) is 2.74. The molecule has 19 heavy (non-hydrogen) atoms. The molecule has 0 bridgehead atoms. The standard InChI is InChI=1S/C14H9ClN2O2/c15-14-16-13(17-19-14)10-5-4-8-12(9-10)18-11-6-2-1-3-7-11/h1-9H. The zero-order valence-electron chi connectivity index (χ0n) is 9.79. The zero-order chi connectivity index (χ0) is 13.1. The summed E-state index contributed by atoms with van der Waals surface area (Å²) in [6.07, 6.45) is 0. The molecule has 0 aliphatic heterocycles. The van der Waals surface area contributed by atoms with E-state index in [4.69, 9.17) is 20.9 Å². The molecule has 0 aliphatic carbocycles. The molecule has 0 saturated carbocycles. The average Bonchev–Trinajstić information content (AvgIpc) is 2.87. The predicted octanol–water partition coefficient (Wildman–Crippen LogP) is 4.18. The lowest BCUT2D eigenvalue weighted by Crippen LogP contribution is -1.85. The van der Waals surface area contributed by atoms with Crippen LogP contribution in [0.5, 0.6) is 11.5 Å². The number of benzene rings is 2. The summed E-state index contributed by atoms with van der Waals surface area (Å²) in [6.45, 7) is 0. The van der Waals surface area contributed by atoms with Gasteiger partial charge < -0.3 is 9.26 Å². The van der Waals surface area contributed by atoms with Crippen LogP contribution in [0, 0.1) is 0 Å². The van der Waals surface area contributed by atoms with Crippen molar-refractivity contribution in [3.8, 4) is 22.9 Å². The molecule has 1 heterocycles. The minimum atomic E-state index is 0.0179. The Bertz CT molecular complexity index is 683. The lowest BCUT2D eigenvalue weighted by Gasteiger charge is -2.05. The topological polar surface area (TPSA) is 48.2 Å². The second-order valence-corrected chi connectivity index (χ2v) is 4.14. The van der Waals surface area contributed by atoms with Crippen molar-refractivity contribution in [1.82, 2.24) is 10.1 Å². The Kier molecular flexibility index (Phi) is 3.16. The molecule has 4 nitrogen and oxygen atoms in total. The molecule has 1 aromatic heterocycles. The molecule has 3 rings (SSSR count). The van der Waals surface area contributed by atoms with Gasteiger partial charge >= 0.3 is 5.35 Å². The van der Waals surface area contributed by atoms with Crippen molar-refractivity contribution >= 4 is 11.6 Å². The monoisotopic (exact) mass is 272 g/mol. The van der Waals surface area contributed by atoms with Gasteiger partial charge in [0, 0.05) is 5.56 Å². The Morgan fingerprint density at radius 2 is 1.74 bits per heavy atom. The van der Waals surface area contributed by atoms with Crippen molar-refractivity contribution in [3.63, 3.8) is 0 Å². The molecule has 0 unspecified atom stereocenters. The van der Waals surface area contributed by atoms with E-state index in [2.05, 4.69) is 10.1 Å². The predicted molar refractivity (Wildman–Crippen MR) is 71.3 cm³/mol. The smallest absolute Gasteiger partial charge is 0.320 e. The summed E-state index contributed by atoms with van der Waals surface area (Å²) >= 11 is 5.61.